The van der Waals surface area contributed by atoms with Crippen LogP contribution in [0, 0.1) is 11.6 Å². The van der Waals surface area contributed by atoms with Gasteiger partial charge in [-0.3, -0.25) is 19.5 Å². The van der Waals surface area contributed by atoms with E-state index in [4.69, 9.17) is 9.47 Å². The molecule has 0 radical (unpaired) electrons. The predicted molar refractivity (Wildman–Crippen MR) is 145 cm³/mol. The first-order valence-electron chi connectivity index (χ1n) is 12.9. The molecule has 1 aliphatic heterocycles. The Bertz CT molecular complexity index is 1470. The lowest BCUT2D eigenvalue weighted by molar-refractivity contribution is -0.117. The number of aromatic nitrogens is 2. The van der Waals surface area contributed by atoms with Gasteiger partial charge in [-0.25, -0.2) is 13.8 Å². The fourth-order valence-electron chi connectivity index (χ4n) is 4.53. The quantitative estimate of drug-likeness (QED) is 0.316. The van der Waals surface area contributed by atoms with E-state index in [1.807, 2.05) is 12.1 Å². The fourth-order valence-corrected chi connectivity index (χ4v) is 4.53. The summed E-state index contributed by atoms with van der Waals surface area (Å²) in [7, 11) is 1.58. The van der Waals surface area contributed by atoms with Gasteiger partial charge in [0.25, 0.3) is 5.91 Å². The summed E-state index contributed by atoms with van der Waals surface area (Å²) < 4.78 is 39.7. The average Bonchev–Trinajstić information content (AvgIpc) is 3.63. The molecular formula is C30H28F2N4O4. The van der Waals surface area contributed by atoms with Crippen LogP contribution in [0.3, 0.4) is 0 Å². The summed E-state index contributed by atoms with van der Waals surface area (Å²) in [4.78, 5) is 32.6. The van der Waals surface area contributed by atoms with Gasteiger partial charge in [0.1, 0.15) is 23.9 Å². The van der Waals surface area contributed by atoms with Crippen molar-refractivity contribution in [3.8, 4) is 22.7 Å². The van der Waals surface area contributed by atoms with Crippen LogP contribution in [0.4, 0.5) is 14.7 Å². The van der Waals surface area contributed by atoms with Crippen molar-refractivity contribution in [2.45, 2.75) is 18.9 Å². The number of nitrogens with zero attached hydrogens (tertiary/aromatic N) is 3. The second-order valence-corrected chi connectivity index (χ2v) is 9.40. The fraction of sp³-hybridized carbons (Fsp3) is 0.233. The molecule has 4 aromatic rings. The number of benzene rings is 3. The third-order valence-corrected chi connectivity index (χ3v) is 6.61. The normalized spacial score (nSPS) is 14.6. The highest BCUT2D eigenvalue weighted by Gasteiger charge is 2.26. The lowest BCUT2D eigenvalue weighted by Gasteiger charge is -2.25. The van der Waals surface area contributed by atoms with E-state index < -0.39 is 23.4 Å². The largest absolute Gasteiger partial charge is 0.497 e. The van der Waals surface area contributed by atoms with Crippen LogP contribution in [-0.2, 0) is 9.53 Å². The number of hydrogen-bond acceptors (Lipinski definition) is 5. The highest BCUT2D eigenvalue weighted by molar-refractivity contribution is 5.99. The van der Waals surface area contributed by atoms with Gasteiger partial charge in [-0.2, -0.15) is 0 Å². The zero-order chi connectivity index (χ0) is 28.1. The first-order chi connectivity index (χ1) is 19.4. The summed E-state index contributed by atoms with van der Waals surface area (Å²) in [5.74, 6) is -0.856. The molecule has 206 valence electrons. The zero-order valence-electron chi connectivity index (χ0n) is 21.8. The van der Waals surface area contributed by atoms with Gasteiger partial charge >= 0.3 is 0 Å². The summed E-state index contributed by atoms with van der Waals surface area (Å²) in [5, 5.41) is 2.81. The standard InChI is InChI=1S/C30H28F2N4O4/c1-39-25-14-6-20(7-15-25)27-18-36(24-12-10-23(32)11-13-24)30(33-27)34-28(37)19-35(17-26-3-2-16-40-26)29(38)21-4-8-22(31)9-5-21/h4-15,18,26H,2-3,16-17,19H2,1H3,(H,33,34,37). The van der Waals surface area contributed by atoms with Crippen LogP contribution in [0.1, 0.15) is 23.2 Å². The molecule has 0 saturated carbocycles. The molecule has 1 atom stereocenters. The molecule has 1 saturated heterocycles. The molecule has 1 aromatic heterocycles. The van der Waals surface area contributed by atoms with Gasteiger partial charge in [-0.1, -0.05) is 0 Å². The molecule has 10 heteroatoms. The van der Waals surface area contributed by atoms with Crippen molar-refractivity contribution in [2.24, 2.45) is 0 Å². The maximum atomic E-state index is 13.6. The number of methoxy groups -OCH3 is 1. The van der Waals surface area contributed by atoms with E-state index in [9.17, 15) is 18.4 Å². The molecule has 0 aliphatic carbocycles. The van der Waals surface area contributed by atoms with Crippen LogP contribution >= 0.6 is 0 Å². The van der Waals surface area contributed by atoms with E-state index in [0.717, 1.165) is 18.4 Å². The number of amides is 2. The highest BCUT2D eigenvalue weighted by atomic mass is 19.1. The molecule has 5 rings (SSSR count). The van der Waals surface area contributed by atoms with Crippen LogP contribution < -0.4 is 10.1 Å². The molecule has 40 heavy (non-hydrogen) atoms. The second kappa shape index (κ2) is 12.1. The van der Waals surface area contributed by atoms with Crippen molar-refractivity contribution in [3.63, 3.8) is 0 Å². The minimum absolute atomic E-state index is 0.194. The SMILES string of the molecule is COc1ccc(-c2cn(-c3ccc(F)cc3)c(NC(=O)CN(CC3CCCO3)C(=O)c3ccc(F)cc3)n2)cc1. The Kier molecular flexibility index (Phi) is 8.16. The Morgan fingerprint density at radius 2 is 1.70 bits per heavy atom. The lowest BCUT2D eigenvalue weighted by Crippen LogP contribution is -2.42. The molecule has 1 fully saturated rings. The number of carbonyl (C=O) groups is 2. The van der Waals surface area contributed by atoms with Gasteiger partial charge in [-0.15, -0.1) is 0 Å². The van der Waals surface area contributed by atoms with Crippen LogP contribution in [0.15, 0.2) is 79.0 Å². The number of ether oxygens (including phenoxy) is 2. The molecule has 8 nitrogen and oxygen atoms in total. The van der Waals surface area contributed by atoms with Crippen LogP contribution in [-0.4, -0.2) is 59.2 Å². The number of anilines is 1. The average molecular weight is 547 g/mol. The van der Waals surface area contributed by atoms with Gasteiger partial charge in [0, 0.05) is 36.2 Å². The minimum Gasteiger partial charge on any atom is -0.497 e. The summed E-state index contributed by atoms with van der Waals surface area (Å²) in [5.41, 5.74) is 2.20. The summed E-state index contributed by atoms with van der Waals surface area (Å²) >= 11 is 0. The maximum absolute atomic E-state index is 13.6. The molecule has 3 aromatic carbocycles. The van der Waals surface area contributed by atoms with Crippen molar-refractivity contribution >= 4 is 17.8 Å². The van der Waals surface area contributed by atoms with Crippen molar-refractivity contribution in [1.29, 1.82) is 0 Å². The summed E-state index contributed by atoms with van der Waals surface area (Å²) in [6.45, 7) is 0.538. The Labute approximate surface area is 230 Å². The van der Waals surface area contributed by atoms with Gasteiger partial charge in [-0.05, 0) is 85.6 Å². The molecular weight excluding hydrogens is 518 g/mol. The number of nitrogens with one attached hydrogen (secondary N) is 1. The number of imidazole rings is 1. The third kappa shape index (κ3) is 6.35. The Hall–Kier alpha value is -4.57. The molecule has 0 spiro atoms. The van der Waals surface area contributed by atoms with Gasteiger partial charge in [0.2, 0.25) is 11.9 Å². The van der Waals surface area contributed by atoms with Crippen molar-refractivity contribution in [3.05, 3.63) is 96.2 Å². The number of rotatable bonds is 9. The lowest BCUT2D eigenvalue weighted by atomic mass is 10.1. The molecule has 2 heterocycles. The van der Waals surface area contributed by atoms with Crippen LogP contribution in [0.2, 0.25) is 0 Å². The minimum atomic E-state index is -0.483. The smallest absolute Gasteiger partial charge is 0.254 e. The van der Waals surface area contributed by atoms with Gasteiger partial charge in [0.15, 0.2) is 0 Å². The van der Waals surface area contributed by atoms with E-state index in [1.165, 1.54) is 41.3 Å². The molecule has 1 unspecified atom stereocenters. The summed E-state index contributed by atoms with van der Waals surface area (Å²) in [6.07, 6.45) is 3.19. The number of hydrogen-bond donors (Lipinski definition) is 1. The maximum Gasteiger partial charge on any atom is 0.254 e. The topological polar surface area (TPSA) is 85.7 Å². The molecule has 0 bridgehead atoms. The monoisotopic (exact) mass is 546 g/mol. The molecule has 1 aliphatic rings. The van der Waals surface area contributed by atoms with Crippen molar-refractivity contribution < 1.29 is 27.8 Å². The molecule has 2 amide bonds. The van der Waals surface area contributed by atoms with Crippen molar-refractivity contribution in [2.75, 3.05) is 32.1 Å². The van der Waals surface area contributed by atoms with E-state index in [2.05, 4.69) is 10.3 Å². The summed E-state index contributed by atoms with van der Waals surface area (Å²) in [6, 6.07) is 18.3. The van der Waals surface area contributed by atoms with Gasteiger partial charge in [0.05, 0.1) is 18.9 Å². The van der Waals surface area contributed by atoms with Gasteiger partial charge < -0.3 is 14.4 Å². The second-order valence-electron chi connectivity index (χ2n) is 9.40. The first kappa shape index (κ1) is 27.0. The first-order valence-corrected chi connectivity index (χ1v) is 12.9. The Morgan fingerprint density at radius 3 is 2.33 bits per heavy atom. The van der Waals surface area contributed by atoms with E-state index >= 15 is 0 Å². The van der Waals surface area contributed by atoms with E-state index in [0.29, 0.717) is 23.7 Å². The Balaban J connectivity index is 1.41. The van der Waals surface area contributed by atoms with Crippen LogP contribution in [0.5, 0.6) is 5.75 Å². The Morgan fingerprint density at radius 1 is 1.02 bits per heavy atom. The van der Waals surface area contributed by atoms with Crippen LogP contribution in [0.25, 0.3) is 16.9 Å². The number of carbonyl (C=O) groups excluding carboxylic acids is 2. The molecule has 1 N–H and O–H groups in total. The van der Waals surface area contributed by atoms with E-state index in [-0.39, 0.29) is 30.7 Å². The number of halogens is 2. The zero-order valence-corrected chi connectivity index (χ0v) is 21.8. The van der Waals surface area contributed by atoms with E-state index in [1.54, 1.807) is 42.1 Å². The van der Waals surface area contributed by atoms with Crippen molar-refractivity contribution in [1.82, 2.24) is 14.5 Å². The highest BCUT2D eigenvalue weighted by Crippen LogP contribution is 2.26. The third-order valence-electron chi connectivity index (χ3n) is 6.61. The predicted octanol–water partition coefficient (Wildman–Crippen LogP) is 5.09.